The summed E-state index contributed by atoms with van der Waals surface area (Å²) in [6, 6.07) is 0. The number of methoxy groups -OCH3 is 1. The summed E-state index contributed by atoms with van der Waals surface area (Å²) in [4.78, 5) is 0. The van der Waals surface area contributed by atoms with Gasteiger partial charge in [0, 0.05) is 13.0 Å². The summed E-state index contributed by atoms with van der Waals surface area (Å²) in [6.07, 6.45) is 6.64. The minimum atomic E-state index is -0.0654. The minimum absolute atomic E-state index is 0.0654. The zero-order valence-electron chi connectivity index (χ0n) is 11.3. The molecular formula is C14H28N2O. The zero-order valence-corrected chi connectivity index (χ0v) is 11.3. The van der Waals surface area contributed by atoms with Crippen LogP contribution in [0.5, 0.6) is 0 Å². The highest BCUT2D eigenvalue weighted by molar-refractivity contribution is 4.87. The first-order chi connectivity index (χ1) is 8.24. The molecule has 2 rings (SSSR count). The molecule has 0 aromatic carbocycles. The second-order valence-electron chi connectivity index (χ2n) is 5.92. The van der Waals surface area contributed by atoms with Gasteiger partial charge in [0.15, 0.2) is 0 Å². The molecule has 1 heterocycles. The molecule has 1 aliphatic heterocycles. The Morgan fingerprint density at radius 2 is 2.06 bits per heavy atom. The Bertz CT molecular complexity index is 228. The van der Waals surface area contributed by atoms with Crippen LogP contribution in [0.1, 0.15) is 39.0 Å². The molecule has 1 saturated carbocycles. The average Bonchev–Trinajstić information content (AvgIpc) is 2.39. The number of nitrogens with one attached hydrogen (secondary N) is 1. The third-order valence-corrected chi connectivity index (χ3v) is 5.06. The summed E-state index contributed by atoms with van der Waals surface area (Å²) < 4.78 is 5.36. The van der Waals surface area contributed by atoms with Gasteiger partial charge in [-0.05, 0) is 56.5 Å². The van der Waals surface area contributed by atoms with Crippen LogP contribution >= 0.6 is 0 Å². The van der Waals surface area contributed by atoms with E-state index in [0.717, 1.165) is 11.8 Å². The molecule has 3 nitrogen and oxygen atoms in total. The fraction of sp³-hybridized carbons (Fsp3) is 1.00. The van der Waals surface area contributed by atoms with Gasteiger partial charge in [0.2, 0.25) is 0 Å². The van der Waals surface area contributed by atoms with E-state index in [4.69, 9.17) is 10.5 Å². The van der Waals surface area contributed by atoms with E-state index >= 15 is 0 Å². The summed E-state index contributed by atoms with van der Waals surface area (Å²) >= 11 is 0. The molecule has 0 radical (unpaired) electrons. The number of nitrogens with two attached hydrogens (primary N) is 1. The molecule has 0 amide bonds. The van der Waals surface area contributed by atoms with Crippen LogP contribution < -0.4 is 11.1 Å². The van der Waals surface area contributed by atoms with Gasteiger partial charge in [0.05, 0.1) is 0 Å². The van der Waals surface area contributed by atoms with E-state index in [0.29, 0.717) is 11.8 Å². The van der Waals surface area contributed by atoms with E-state index in [1.807, 2.05) is 0 Å². The molecule has 1 saturated heterocycles. The second-order valence-corrected chi connectivity index (χ2v) is 5.92. The van der Waals surface area contributed by atoms with Gasteiger partial charge in [-0.15, -0.1) is 0 Å². The van der Waals surface area contributed by atoms with E-state index < -0.39 is 0 Å². The van der Waals surface area contributed by atoms with E-state index in [9.17, 15) is 0 Å². The summed E-state index contributed by atoms with van der Waals surface area (Å²) in [7, 11) is 1.74. The van der Waals surface area contributed by atoms with Crippen molar-refractivity contribution in [1.82, 2.24) is 5.32 Å². The Balaban J connectivity index is 1.97. The molecule has 17 heavy (non-hydrogen) atoms. The van der Waals surface area contributed by atoms with Gasteiger partial charge in [0.1, 0.15) is 6.23 Å². The van der Waals surface area contributed by atoms with Crippen molar-refractivity contribution in [3.05, 3.63) is 0 Å². The standard InChI is InChI=1S/C14H28N2O/c1-10-12(11-5-4-8-16-9-11)6-3-7-13(10)14(15)17-2/h10-14,16H,3-9,15H2,1-2H3. The van der Waals surface area contributed by atoms with Gasteiger partial charge >= 0.3 is 0 Å². The Kier molecular flexibility index (Phi) is 4.83. The van der Waals surface area contributed by atoms with Gasteiger partial charge in [-0.25, -0.2) is 0 Å². The van der Waals surface area contributed by atoms with Gasteiger partial charge in [-0.2, -0.15) is 0 Å². The van der Waals surface area contributed by atoms with Gasteiger partial charge in [0.25, 0.3) is 0 Å². The molecule has 3 N–H and O–H groups in total. The topological polar surface area (TPSA) is 47.3 Å². The predicted molar refractivity (Wildman–Crippen MR) is 70.6 cm³/mol. The smallest absolute Gasteiger partial charge is 0.108 e. The van der Waals surface area contributed by atoms with Gasteiger partial charge in [-0.3, -0.25) is 0 Å². The van der Waals surface area contributed by atoms with Crippen LogP contribution in [-0.4, -0.2) is 26.4 Å². The Hall–Kier alpha value is -0.120. The zero-order chi connectivity index (χ0) is 12.3. The highest BCUT2D eigenvalue weighted by atomic mass is 16.5. The maximum absolute atomic E-state index is 6.09. The fourth-order valence-electron chi connectivity index (χ4n) is 3.98. The molecule has 5 unspecified atom stereocenters. The molecule has 3 heteroatoms. The lowest BCUT2D eigenvalue weighted by Crippen LogP contribution is -2.45. The largest absolute Gasteiger partial charge is 0.367 e. The highest BCUT2D eigenvalue weighted by Crippen LogP contribution is 2.41. The van der Waals surface area contributed by atoms with Crippen molar-refractivity contribution < 1.29 is 4.74 Å². The van der Waals surface area contributed by atoms with E-state index in [-0.39, 0.29) is 6.23 Å². The second kappa shape index (κ2) is 6.17. The lowest BCUT2D eigenvalue weighted by molar-refractivity contribution is -0.0143. The molecule has 0 aromatic rings. The van der Waals surface area contributed by atoms with Crippen molar-refractivity contribution in [2.75, 3.05) is 20.2 Å². The Morgan fingerprint density at radius 3 is 2.71 bits per heavy atom. The molecular weight excluding hydrogens is 212 g/mol. The average molecular weight is 240 g/mol. The first-order valence-corrected chi connectivity index (χ1v) is 7.23. The van der Waals surface area contributed by atoms with Crippen molar-refractivity contribution in [3.63, 3.8) is 0 Å². The highest BCUT2D eigenvalue weighted by Gasteiger charge is 2.37. The van der Waals surface area contributed by atoms with Crippen molar-refractivity contribution >= 4 is 0 Å². The number of hydrogen-bond donors (Lipinski definition) is 2. The lowest BCUT2D eigenvalue weighted by Gasteiger charge is -2.43. The molecule has 0 aromatic heterocycles. The summed E-state index contributed by atoms with van der Waals surface area (Å²) in [5.41, 5.74) is 6.09. The molecule has 5 atom stereocenters. The van der Waals surface area contributed by atoms with Crippen LogP contribution in [0.25, 0.3) is 0 Å². The van der Waals surface area contributed by atoms with Crippen molar-refractivity contribution in [3.8, 4) is 0 Å². The summed E-state index contributed by atoms with van der Waals surface area (Å²) in [6.45, 7) is 4.81. The first kappa shape index (κ1) is 13.3. The SMILES string of the molecule is COC(N)C1CCCC(C2CCCNC2)C1C. The van der Waals surface area contributed by atoms with Crippen LogP contribution in [0.3, 0.4) is 0 Å². The van der Waals surface area contributed by atoms with Crippen LogP contribution in [0.2, 0.25) is 0 Å². The van der Waals surface area contributed by atoms with Gasteiger partial charge < -0.3 is 15.8 Å². The van der Waals surface area contributed by atoms with Crippen molar-refractivity contribution in [1.29, 1.82) is 0 Å². The first-order valence-electron chi connectivity index (χ1n) is 7.23. The normalized spacial score (nSPS) is 41.1. The maximum atomic E-state index is 6.09. The Labute approximate surface area is 105 Å². The molecule has 0 spiro atoms. The van der Waals surface area contributed by atoms with E-state index in [1.165, 1.54) is 45.2 Å². The van der Waals surface area contributed by atoms with Crippen molar-refractivity contribution in [2.24, 2.45) is 29.4 Å². The summed E-state index contributed by atoms with van der Waals surface area (Å²) in [5.74, 6) is 2.98. The van der Waals surface area contributed by atoms with Gasteiger partial charge in [-0.1, -0.05) is 13.3 Å². The van der Waals surface area contributed by atoms with Crippen LogP contribution in [0.4, 0.5) is 0 Å². The molecule has 2 aliphatic rings. The molecule has 1 aliphatic carbocycles. The number of ether oxygens (including phenoxy) is 1. The van der Waals surface area contributed by atoms with E-state index in [1.54, 1.807) is 7.11 Å². The summed E-state index contributed by atoms with van der Waals surface area (Å²) in [5, 5.41) is 3.55. The maximum Gasteiger partial charge on any atom is 0.108 e. The predicted octanol–water partition coefficient (Wildman–Crippen LogP) is 1.97. The van der Waals surface area contributed by atoms with Crippen LogP contribution in [-0.2, 0) is 4.74 Å². The number of hydrogen-bond acceptors (Lipinski definition) is 3. The molecule has 2 fully saturated rings. The van der Waals surface area contributed by atoms with E-state index in [2.05, 4.69) is 12.2 Å². The lowest BCUT2D eigenvalue weighted by atomic mass is 9.66. The number of piperidine rings is 1. The van der Waals surface area contributed by atoms with Crippen LogP contribution in [0.15, 0.2) is 0 Å². The Morgan fingerprint density at radius 1 is 1.24 bits per heavy atom. The quantitative estimate of drug-likeness (QED) is 0.742. The fourth-order valence-corrected chi connectivity index (χ4v) is 3.98. The monoisotopic (exact) mass is 240 g/mol. The van der Waals surface area contributed by atoms with Crippen LogP contribution in [0, 0.1) is 23.7 Å². The number of rotatable bonds is 3. The third kappa shape index (κ3) is 3.01. The molecule has 0 bridgehead atoms. The minimum Gasteiger partial charge on any atom is -0.367 e. The third-order valence-electron chi connectivity index (χ3n) is 5.06. The molecule has 100 valence electrons. The van der Waals surface area contributed by atoms with Crippen molar-refractivity contribution in [2.45, 2.75) is 45.3 Å².